The summed E-state index contributed by atoms with van der Waals surface area (Å²) < 4.78 is 0. The van der Waals surface area contributed by atoms with E-state index < -0.39 is 7.38 Å². The number of hydrogen-bond donors (Lipinski definition) is 0. The number of fused-ring (bicyclic) bond motifs is 6. The van der Waals surface area contributed by atoms with Gasteiger partial charge in [0.2, 0.25) is 7.38 Å². The fourth-order valence-corrected chi connectivity index (χ4v) is 12.7. The van der Waals surface area contributed by atoms with Gasteiger partial charge >= 0.3 is 0 Å². The van der Waals surface area contributed by atoms with Crippen LogP contribution in [0, 0.1) is 0 Å². The topological polar surface area (TPSA) is 0 Å². The van der Waals surface area contributed by atoms with Crippen molar-refractivity contribution < 1.29 is 26.2 Å². The average Bonchev–Trinajstić information content (AvgIpc) is 3.43. The molecule has 7 rings (SSSR count). The molecule has 0 radical (unpaired) electrons. The van der Waals surface area contributed by atoms with Crippen molar-refractivity contribution in [2.45, 2.75) is 11.1 Å². The Kier molecular flexibility index (Phi) is 8.39. The Morgan fingerprint density at radius 2 is 0.676 bits per heavy atom. The van der Waals surface area contributed by atoms with Crippen molar-refractivity contribution in [3.05, 3.63) is 150 Å². The van der Waals surface area contributed by atoms with Crippen molar-refractivity contribution in [3.8, 4) is 22.3 Å². The molecule has 0 aromatic heterocycles. The molecular formula is C32H25Cl3SiZr. The van der Waals surface area contributed by atoms with Crippen LogP contribution in [0.5, 0.6) is 0 Å². The van der Waals surface area contributed by atoms with E-state index in [0.29, 0.717) is 0 Å². The van der Waals surface area contributed by atoms with Crippen molar-refractivity contribution in [3.63, 3.8) is 0 Å². The van der Waals surface area contributed by atoms with E-state index in [2.05, 4.69) is 127 Å². The minimum atomic E-state index is -2.79. The molecule has 5 aromatic carbocycles. The number of rotatable bonds is 3. The Balaban J connectivity index is 0.00000107. The van der Waals surface area contributed by atoms with Gasteiger partial charge in [-0.1, -0.05) is 127 Å². The zero-order valence-corrected chi connectivity index (χ0v) is 25.8. The van der Waals surface area contributed by atoms with Crippen LogP contribution >= 0.6 is 35.9 Å². The first-order valence-electron chi connectivity index (χ1n) is 11.9. The molecule has 0 amide bonds. The maximum atomic E-state index is 8.33. The summed E-state index contributed by atoms with van der Waals surface area (Å²) in [7, 11) is -2.79. The van der Waals surface area contributed by atoms with Crippen LogP contribution in [0.4, 0.5) is 0 Å². The molecule has 2 aliphatic carbocycles. The van der Waals surface area contributed by atoms with Gasteiger partial charge in [-0.25, -0.2) is 0 Å². The van der Waals surface area contributed by atoms with E-state index in [-0.39, 0.29) is 62.1 Å². The van der Waals surface area contributed by atoms with Crippen LogP contribution in [0.1, 0.15) is 33.3 Å². The van der Waals surface area contributed by atoms with Crippen LogP contribution in [0.2, 0.25) is 0 Å². The van der Waals surface area contributed by atoms with Gasteiger partial charge in [-0.3, -0.25) is 0 Å². The van der Waals surface area contributed by atoms with Crippen molar-refractivity contribution in [2.24, 2.45) is 0 Å². The summed E-state index contributed by atoms with van der Waals surface area (Å²) in [6.07, 6.45) is 0. The number of halogens is 3. The Bertz CT molecular complexity index is 1370. The Labute approximate surface area is 255 Å². The SMILES string of the molecule is Cl.Cl.Cl[Si](c1ccccc1)(C1c2ccccc2-c2ccccc21)C1c2ccccc2-c2ccccc21.[Zr]. The fourth-order valence-electron chi connectivity index (χ4n) is 6.41. The summed E-state index contributed by atoms with van der Waals surface area (Å²) >= 11 is 8.33. The van der Waals surface area contributed by atoms with Gasteiger partial charge in [-0.2, -0.15) is 11.1 Å². The minimum Gasteiger partial charge on any atom is -0.159 e. The maximum absolute atomic E-state index is 8.33. The van der Waals surface area contributed by atoms with Gasteiger partial charge in [0.15, 0.2) is 0 Å². The summed E-state index contributed by atoms with van der Waals surface area (Å²) in [6.45, 7) is 0. The normalized spacial score (nSPS) is 13.2. The molecule has 0 N–H and O–H groups in total. The molecule has 2 aliphatic rings. The quantitative estimate of drug-likeness (QED) is 0.138. The van der Waals surface area contributed by atoms with Crippen LogP contribution in [0.15, 0.2) is 127 Å². The molecule has 182 valence electrons. The zero-order chi connectivity index (χ0) is 22.7. The molecule has 0 unspecified atom stereocenters. The average molecular weight is 635 g/mol. The third-order valence-corrected chi connectivity index (χ3v) is 13.8. The van der Waals surface area contributed by atoms with Crippen molar-refractivity contribution in [1.29, 1.82) is 0 Å². The van der Waals surface area contributed by atoms with E-state index in [1.807, 2.05) is 0 Å². The van der Waals surface area contributed by atoms with Crippen LogP contribution in [0.25, 0.3) is 22.3 Å². The second-order valence-corrected chi connectivity index (χ2v) is 14.5. The van der Waals surface area contributed by atoms with Crippen LogP contribution in [-0.4, -0.2) is 7.38 Å². The summed E-state index contributed by atoms with van der Waals surface area (Å²) in [4.78, 5) is 0. The van der Waals surface area contributed by atoms with E-state index in [4.69, 9.17) is 11.1 Å². The molecule has 5 aromatic rings. The molecule has 37 heavy (non-hydrogen) atoms. The number of benzene rings is 5. The molecule has 0 saturated heterocycles. The standard InChI is InChI=1S/C32H23ClSi.2ClH.Zr/c33-34(22-12-2-1-3-13-22,31-27-18-8-4-14-23(27)24-15-5-9-19-28(24)31)32-29-20-10-6-16-25(29)26-17-7-11-21-30(26)32;;;/h1-21,31-32H;2*1H;. The predicted octanol–water partition coefficient (Wildman–Crippen LogP) is 8.62. The van der Waals surface area contributed by atoms with E-state index in [0.717, 1.165) is 0 Å². The van der Waals surface area contributed by atoms with Gasteiger partial charge in [0.1, 0.15) is 0 Å². The van der Waals surface area contributed by atoms with Gasteiger partial charge in [-0.05, 0) is 49.7 Å². The smallest absolute Gasteiger partial charge is 0.159 e. The first kappa shape index (κ1) is 28.1. The molecular weight excluding hydrogens is 610 g/mol. The van der Waals surface area contributed by atoms with Gasteiger partial charge in [0.05, 0.1) is 0 Å². The first-order chi connectivity index (χ1) is 16.8. The third kappa shape index (κ3) is 4.13. The van der Waals surface area contributed by atoms with Gasteiger partial charge in [-0.15, -0.1) is 24.8 Å². The largest absolute Gasteiger partial charge is 0.210 e. The fraction of sp³-hybridized carbons (Fsp3) is 0.0625. The summed E-state index contributed by atoms with van der Waals surface area (Å²) in [5.74, 6) is 0. The third-order valence-electron chi connectivity index (χ3n) is 7.72. The number of hydrogen-bond acceptors (Lipinski definition) is 0. The molecule has 0 heterocycles. The molecule has 0 bridgehead atoms. The van der Waals surface area contributed by atoms with Crippen LogP contribution in [-0.2, 0) is 26.2 Å². The predicted molar refractivity (Wildman–Crippen MR) is 160 cm³/mol. The molecule has 0 fully saturated rings. The van der Waals surface area contributed by atoms with E-state index in [1.165, 1.54) is 49.7 Å². The van der Waals surface area contributed by atoms with Crippen molar-refractivity contribution in [1.82, 2.24) is 0 Å². The molecule has 0 spiro atoms. The summed E-state index contributed by atoms with van der Waals surface area (Å²) in [6, 6.07) is 46.5. The second kappa shape index (κ2) is 11.0. The monoisotopic (exact) mass is 632 g/mol. The van der Waals surface area contributed by atoms with Gasteiger partial charge < -0.3 is 0 Å². The molecule has 0 nitrogen and oxygen atoms in total. The van der Waals surface area contributed by atoms with Crippen molar-refractivity contribution >= 4 is 48.5 Å². The van der Waals surface area contributed by atoms with E-state index >= 15 is 0 Å². The van der Waals surface area contributed by atoms with Crippen LogP contribution in [0.3, 0.4) is 0 Å². The first-order valence-corrected chi connectivity index (χ1v) is 15.1. The van der Waals surface area contributed by atoms with E-state index in [1.54, 1.807) is 0 Å². The maximum Gasteiger partial charge on any atom is 0.210 e. The minimum absolute atomic E-state index is 0. The van der Waals surface area contributed by atoms with Gasteiger partial charge in [0.25, 0.3) is 0 Å². The Morgan fingerprint density at radius 1 is 0.405 bits per heavy atom. The molecule has 0 aliphatic heterocycles. The summed E-state index contributed by atoms with van der Waals surface area (Å²) in [5.41, 5.74) is 11.1. The zero-order valence-electron chi connectivity index (χ0n) is 20.0. The van der Waals surface area contributed by atoms with Crippen LogP contribution < -0.4 is 5.19 Å². The van der Waals surface area contributed by atoms with E-state index in [9.17, 15) is 0 Å². The molecule has 0 atom stereocenters. The Hall–Kier alpha value is -1.93. The molecule has 0 saturated carbocycles. The Morgan fingerprint density at radius 3 is 1.00 bits per heavy atom. The second-order valence-electron chi connectivity index (χ2n) is 9.35. The van der Waals surface area contributed by atoms with Gasteiger partial charge in [0, 0.05) is 37.3 Å². The van der Waals surface area contributed by atoms with Crippen molar-refractivity contribution in [2.75, 3.05) is 0 Å². The molecule has 5 heteroatoms. The summed E-state index contributed by atoms with van der Waals surface area (Å²) in [5, 5.41) is 1.30.